The van der Waals surface area contributed by atoms with Crippen LogP contribution in [0.25, 0.3) is 11.0 Å². The number of nitrogens with one attached hydrogen (secondary N) is 1. The molecule has 0 unspecified atom stereocenters. The highest BCUT2D eigenvalue weighted by atomic mass is 16.5. The Hall–Kier alpha value is -2.73. The molecule has 0 saturated heterocycles. The molecule has 22 heavy (non-hydrogen) atoms. The zero-order valence-electron chi connectivity index (χ0n) is 12.2. The van der Waals surface area contributed by atoms with Gasteiger partial charge >= 0.3 is 0 Å². The van der Waals surface area contributed by atoms with Crippen LogP contribution in [0.2, 0.25) is 0 Å². The van der Waals surface area contributed by atoms with Gasteiger partial charge < -0.3 is 15.3 Å². The highest BCUT2D eigenvalue weighted by Crippen LogP contribution is 2.16. The van der Waals surface area contributed by atoms with Crippen LogP contribution in [0.1, 0.15) is 5.56 Å². The molecular weight excluding hydrogens is 280 g/mol. The molecule has 112 valence electrons. The van der Waals surface area contributed by atoms with Crippen LogP contribution in [0.5, 0.6) is 0 Å². The zero-order chi connectivity index (χ0) is 15.4. The predicted molar refractivity (Wildman–Crippen MR) is 83.8 cm³/mol. The van der Waals surface area contributed by atoms with Crippen LogP contribution in [-0.2, 0) is 11.2 Å². The monoisotopic (exact) mass is 296 g/mol. The number of nitrogens with zero attached hydrogens (tertiary/aromatic N) is 3. The SMILES string of the molecule is COCCc1cccc(Nc2nc3ccccc3[n+]([O-])n2)c1. The first-order valence-electron chi connectivity index (χ1n) is 6.98. The normalized spacial score (nSPS) is 10.8. The Kier molecular flexibility index (Phi) is 4.11. The molecule has 6 nitrogen and oxygen atoms in total. The second kappa shape index (κ2) is 6.36. The van der Waals surface area contributed by atoms with E-state index in [2.05, 4.69) is 15.4 Å². The molecule has 1 heterocycles. The fourth-order valence-corrected chi connectivity index (χ4v) is 2.20. The molecule has 0 fully saturated rings. The summed E-state index contributed by atoms with van der Waals surface area (Å²) in [5.41, 5.74) is 3.03. The number of anilines is 2. The van der Waals surface area contributed by atoms with Crippen LogP contribution in [-0.4, -0.2) is 23.8 Å². The van der Waals surface area contributed by atoms with Crippen molar-refractivity contribution in [2.45, 2.75) is 6.42 Å². The largest absolute Gasteiger partial charge is 0.594 e. The number of ether oxygens (including phenoxy) is 1. The molecule has 1 N–H and O–H groups in total. The summed E-state index contributed by atoms with van der Waals surface area (Å²) in [5.74, 6) is 0.276. The topological polar surface area (TPSA) is 74.0 Å². The fraction of sp³-hybridized carbons (Fsp3) is 0.188. The molecule has 0 aliphatic heterocycles. The highest BCUT2D eigenvalue weighted by molar-refractivity contribution is 5.71. The molecule has 3 rings (SSSR count). The standard InChI is InChI=1S/C16H16N4O2/c1-22-10-9-12-5-4-6-13(11-12)17-16-18-14-7-2-3-8-15(14)20(21)19-16/h2-8,11H,9-10H2,1H3,(H,17,18,19). The van der Waals surface area contributed by atoms with E-state index in [1.807, 2.05) is 30.3 Å². The van der Waals surface area contributed by atoms with Crippen LogP contribution in [0, 0.1) is 5.21 Å². The summed E-state index contributed by atoms with van der Waals surface area (Å²) in [5, 5.41) is 18.9. The van der Waals surface area contributed by atoms with E-state index in [1.165, 1.54) is 0 Å². The van der Waals surface area contributed by atoms with Crippen LogP contribution in [0.15, 0.2) is 48.5 Å². The minimum absolute atomic E-state index is 0.276. The number of aromatic nitrogens is 3. The quantitative estimate of drug-likeness (QED) is 0.577. The van der Waals surface area contributed by atoms with Crippen LogP contribution >= 0.6 is 0 Å². The van der Waals surface area contributed by atoms with Gasteiger partial charge in [0.2, 0.25) is 0 Å². The first-order chi connectivity index (χ1) is 10.8. The number of rotatable bonds is 5. The molecule has 2 aromatic carbocycles. The lowest BCUT2D eigenvalue weighted by atomic mass is 10.1. The van der Waals surface area contributed by atoms with Crippen molar-refractivity contribution in [3.63, 3.8) is 0 Å². The second-order valence-corrected chi connectivity index (χ2v) is 4.87. The van der Waals surface area contributed by atoms with E-state index < -0.39 is 0 Å². The number of methoxy groups -OCH3 is 1. The summed E-state index contributed by atoms with van der Waals surface area (Å²) >= 11 is 0. The third-order valence-corrected chi connectivity index (χ3v) is 3.28. The van der Waals surface area contributed by atoms with Crippen LogP contribution < -0.4 is 10.2 Å². The summed E-state index contributed by atoms with van der Waals surface area (Å²) in [4.78, 5) is 4.94. The zero-order valence-corrected chi connectivity index (χ0v) is 12.2. The third-order valence-electron chi connectivity index (χ3n) is 3.28. The van der Waals surface area contributed by atoms with Crippen molar-refractivity contribution < 1.29 is 9.58 Å². The van der Waals surface area contributed by atoms with Gasteiger partial charge in [-0.05, 0) is 35.0 Å². The maximum atomic E-state index is 11.9. The van der Waals surface area contributed by atoms with Gasteiger partial charge in [-0.3, -0.25) is 0 Å². The lowest BCUT2D eigenvalue weighted by molar-refractivity contribution is -0.641. The van der Waals surface area contributed by atoms with E-state index in [0.717, 1.165) is 17.7 Å². The van der Waals surface area contributed by atoms with E-state index in [9.17, 15) is 5.21 Å². The number of fused-ring (bicyclic) bond motifs is 1. The molecule has 0 aliphatic carbocycles. The minimum Gasteiger partial charge on any atom is -0.594 e. The van der Waals surface area contributed by atoms with Crippen molar-refractivity contribution in [1.82, 2.24) is 10.1 Å². The Morgan fingerprint density at radius 3 is 2.91 bits per heavy atom. The van der Waals surface area contributed by atoms with Crippen molar-refractivity contribution >= 4 is 22.7 Å². The van der Waals surface area contributed by atoms with Crippen molar-refractivity contribution in [3.05, 3.63) is 59.3 Å². The van der Waals surface area contributed by atoms with Crippen molar-refractivity contribution in [2.75, 3.05) is 19.0 Å². The minimum atomic E-state index is 0.276. The van der Waals surface area contributed by atoms with Crippen molar-refractivity contribution in [1.29, 1.82) is 0 Å². The van der Waals surface area contributed by atoms with Gasteiger partial charge in [-0.2, -0.15) is 0 Å². The molecule has 0 bridgehead atoms. The number of hydrogen-bond acceptors (Lipinski definition) is 5. The Labute approximate surface area is 128 Å². The van der Waals surface area contributed by atoms with Crippen molar-refractivity contribution in [3.8, 4) is 0 Å². The molecule has 0 saturated carbocycles. The predicted octanol–water partition coefficient (Wildman–Crippen LogP) is 2.20. The van der Waals surface area contributed by atoms with Gasteiger partial charge in [0.1, 0.15) is 5.52 Å². The smallest absolute Gasteiger partial charge is 0.295 e. The number of hydrogen-bond donors (Lipinski definition) is 1. The fourth-order valence-electron chi connectivity index (χ4n) is 2.20. The lowest BCUT2D eigenvalue weighted by Crippen LogP contribution is -2.33. The highest BCUT2D eigenvalue weighted by Gasteiger charge is 2.10. The van der Waals surface area contributed by atoms with Crippen LogP contribution in [0.4, 0.5) is 11.6 Å². The van der Waals surface area contributed by atoms with Gasteiger partial charge in [0, 0.05) is 18.9 Å². The Morgan fingerprint density at radius 2 is 2.05 bits per heavy atom. The van der Waals surface area contributed by atoms with E-state index in [4.69, 9.17) is 4.74 Å². The van der Waals surface area contributed by atoms with Gasteiger partial charge in [0.15, 0.2) is 0 Å². The molecule has 0 aliphatic rings. The second-order valence-electron chi connectivity index (χ2n) is 4.87. The lowest BCUT2D eigenvalue weighted by Gasteiger charge is -2.07. The summed E-state index contributed by atoms with van der Waals surface area (Å²) in [6, 6.07) is 15.0. The molecule has 6 heteroatoms. The Morgan fingerprint density at radius 1 is 1.18 bits per heavy atom. The average Bonchev–Trinajstić information content (AvgIpc) is 2.53. The maximum Gasteiger partial charge on any atom is 0.295 e. The number of benzene rings is 2. The van der Waals surface area contributed by atoms with Gasteiger partial charge in [-0.15, -0.1) is 0 Å². The molecule has 0 spiro atoms. The van der Waals surface area contributed by atoms with Gasteiger partial charge in [0.25, 0.3) is 11.5 Å². The third kappa shape index (κ3) is 3.12. The van der Waals surface area contributed by atoms with Gasteiger partial charge in [-0.25, -0.2) is 4.98 Å². The van der Waals surface area contributed by atoms with Crippen LogP contribution in [0.3, 0.4) is 0 Å². The first-order valence-corrected chi connectivity index (χ1v) is 6.98. The molecule has 0 radical (unpaired) electrons. The Balaban J connectivity index is 1.86. The van der Waals surface area contributed by atoms with Crippen molar-refractivity contribution in [2.24, 2.45) is 0 Å². The summed E-state index contributed by atoms with van der Waals surface area (Å²) in [6.45, 7) is 0.663. The molecule has 0 atom stereocenters. The molecule has 0 amide bonds. The Bertz CT molecular complexity index is 792. The van der Waals surface area contributed by atoms with E-state index in [1.54, 1.807) is 25.3 Å². The first kappa shape index (κ1) is 14.2. The molecule has 1 aromatic heterocycles. The van der Waals surface area contributed by atoms with Gasteiger partial charge in [0.05, 0.1) is 11.7 Å². The average molecular weight is 296 g/mol. The summed E-state index contributed by atoms with van der Waals surface area (Å²) in [6.07, 6.45) is 0.826. The van der Waals surface area contributed by atoms with E-state index in [0.29, 0.717) is 22.5 Å². The van der Waals surface area contributed by atoms with Gasteiger partial charge in [-0.1, -0.05) is 24.3 Å². The molecular formula is C16H16N4O2. The maximum absolute atomic E-state index is 11.9. The summed E-state index contributed by atoms with van der Waals surface area (Å²) < 4.78 is 5.08. The number of para-hydroxylation sites is 2. The molecule has 3 aromatic rings. The van der Waals surface area contributed by atoms with E-state index in [-0.39, 0.29) is 5.95 Å². The summed E-state index contributed by atoms with van der Waals surface area (Å²) in [7, 11) is 1.68. The van der Waals surface area contributed by atoms with E-state index >= 15 is 0 Å².